The van der Waals surface area contributed by atoms with Crippen LogP contribution in [0.25, 0.3) is 0 Å². The summed E-state index contributed by atoms with van der Waals surface area (Å²) in [5.41, 5.74) is 1.10. The smallest absolute Gasteiger partial charge is 0.314 e. The molecule has 0 aromatic heterocycles. The van der Waals surface area contributed by atoms with Crippen LogP contribution in [-0.4, -0.2) is 5.97 Å². The topological polar surface area (TPSA) is 26.3 Å². The fraction of sp³-hybridized carbons (Fsp3) is 0.588. The highest BCUT2D eigenvalue weighted by molar-refractivity contribution is 5.75. The summed E-state index contributed by atoms with van der Waals surface area (Å²) in [4.78, 5) is 12.3. The van der Waals surface area contributed by atoms with E-state index in [0.717, 1.165) is 17.7 Å². The minimum absolute atomic E-state index is 0.0187. The molecule has 0 saturated heterocycles. The van der Waals surface area contributed by atoms with E-state index in [1.807, 2.05) is 31.2 Å². The summed E-state index contributed by atoms with van der Waals surface area (Å²) in [5.74, 6) is 1.20. The molecule has 1 aliphatic rings. The van der Waals surface area contributed by atoms with Crippen molar-refractivity contribution in [2.24, 2.45) is 11.8 Å². The summed E-state index contributed by atoms with van der Waals surface area (Å²) in [6.07, 6.45) is 7.07. The molecule has 1 aromatic rings. The van der Waals surface area contributed by atoms with Crippen molar-refractivity contribution < 1.29 is 9.53 Å². The van der Waals surface area contributed by atoms with E-state index in [1.54, 1.807) is 0 Å². The Morgan fingerprint density at radius 1 is 1.26 bits per heavy atom. The van der Waals surface area contributed by atoms with Crippen LogP contribution in [0.1, 0.15) is 51.5 Å². The summed E-state index contributed by atoms with van der Waals surface area (Å²) in [6, 6.07) is 7.83. The van der Waals surface area contributed by atoms with Gasteiger partial charge >= 0.3 is 5.97 Å². The summed E-state index contributed by atoms with van der Waals surface area (Å²) >= 11 is 0. The molecule has 0 bridgehead atoms. The molecule has 1 atom stereocenters. The van der Waals surface area contributed by atoms with Gasteiger partial charge in [-0.05, 0) is 36.8 Å². The van der Waals surface area contributed by atoms with Crippen molar-refractivity contribution in [3.63, 3.8) is 0 Å². The van der Waals surface area contributed by atoms with Gasteiger partial charge in [-0.3, -0.25) is 4.79 Å². The first-order valence-corrected chi connectivity index (χ1v) is 7.52. The predicted octanol–water partition coefficient (Wildman–Crippen LogP) is 4.37. The van der Waals surface area contributed by atoms with Crippen molar-refractivity contribution in [2.75, 3.05) is 0 Å². The van der Waals surface area contributed by atoms with Gasteiger partial charge in [0, 0.05) is 0 Å². The van der Waals surface area contributed by atoms with Gasteiger partial charge in [-0.2, -0.15) is 0 Å². The highest BCUT2D eigenvalue weighted by Crippen LogP contribution is 2.31. The fourth-order valence-corrected chi connectivity index (χ4v) is 2.92. The molecule has 1 aliphatic carbocycles. The number of esters is 1. The predicted molar refractivity (Wildman–Crippen MR) is 77.2 cm³/mol. The molecular formula is C17H24O2. The van der Waals surface area contributed by atoms with Gasteiger partial charge < -0.3 is 4.74 Å². The average Bonchev–Trinajstić information content (AvgIpc) is 2.48. The second-order valence-electron chi connectivity index (χ2n) is 5.57. The number of rotatable bonds is 4. The van der Waals surface area contributed by atoms with Gasteiger partial charge in [-0.1, -0.05) is 51.3 Å². The Morgan fingerprint density at radius 2 is 1.95 bits per heavy atom. The average molecular weight is 260 g/mol. The van der Waals surface area contributed by atoms with E-state index in [9.17, 15) is 4.79 Å². The minimum atomic E-state index is -0.0622. The van der Waals surface area contributed by atoms with E-state index in [2.05, 4.69) is 6.92 Å². The number of para-hydroxylation sites is 1. The Balaban J connectivity index is 1.99. The lowest BCUT2D eigenvalue weighted by atomic mass is 9.81. The zero-order chi connectivity index (χ0) is 13.7. The number of hydrogen-bond acceptors (Lipinski definition) is 2. The Bertz CT molecular complexity index is 419. The lowest BCUT2D eigenvalue weighted by molar-refractivity contribution is -0.140. The second kappa shape index (κ2) is 6.74. The lowest BCUT2D eigenvalue weighted by Gasteiger charge is -2.26. The second-order valence-corrected chi connectivity index (χ2v) is 5.57. The van der Waals surface area contributed by atoms with E-state index >= 15 is 0 Å². The van der Waals surface area contributed by atoms with Gasteiger partial charge in [-0.15, -0.1) is 0 Å². The largest absolute Gasteiger partial charge is 0.426 e. The van der Waals surface area contributed by atoms with Crippen LogP contribution in [0.15, 0.2) is 24.3 Å². The highest BCUT2D eigenvalue weighted by Gasteiger charge is 2.27. The molecule has 19 heavy (non-hydrogen) atoms. The molecule has 0 amide bonds. The first-order valence-electron chi connectivity index (χ1n) is 7.52. The van der Waals surface area contributed by atoms with E-state index < -0.39 is 0 Å². The van der Waals surface area contributed by atoms with Crippen LogP contribution >= 0.6 is 0 Å². The van der Waals surface area contributed by atoms with Crippen LogP contribution in [0.5, 0.6) is 5.75 Å². The van der Waals surface area contributed by atoms with E-state index in [1.165, 1.54) is 32.1 Å². The summed E-state index contributed by atoms with van der Waals surface area (Å²) < 4.78 is 5.61. The van der Waals surface area contributed by atoms with Crippen molar-refractivity contribution in [1.82, 2.24) is 0 Å². The molecule has 0 spiro atoms. The SMILES string of the molecule is CCc1ccccc1OC(=O)C(C)C1CCCCC1. The number of ether oxygens (including phenoxy) is 1. The van der Waals surface area contributed by atoms with Crippen LogP contribution in [0.4, 0.5) is 0 Å². The first-order chi connectivity index (χ1) is 9.22. The monoisotopic (exact) mass is 260 g/mol. The fourth-order valence-electron chi connectivity index (χ4n) is 2.92. The van der Waals surface area contributed by atoms with Gasteiger partial charge in [0.05, 0.1) is 5.92 Å². The van der Waals surface area contributed by atoms with Gasteiger partial charge in [0.15, 0.2) is 0 Å². The molecule has 0 heterocycles. The van der Waals surface area contributed by atoms with Crippen LogP contribution in [0, 0.1) is 11.8 Å². The standard InChI is InChI=1S/C17H24O2/c1-3-14-9-7-8-12-16(14)19-17(18)13(2)15-10-5-4-6-11-15/h7-9,12-13,15H,3-6,10-11H2,1-2H3. The molecule has 2 nitrogen and oxygen atoms in total. The molecule has 104 valence electrons. The Kier molecular flexibility index (Phi) is 5.00. The zero-order valence-electron chi connectivity index (χ0n) is 12.0. The third-order valence-corrected chi connectivity index (χ3v) is 4.29. The van der Waals surface area contributed by atoms with Crippen molar-refractivity contribution in [1.29, 1.82) is 0 Å². The first kappa shape index (κ1) is 14.1. The van der Waals surface area contributed by atoms with Crippen molar-refractivity contribution in [3.05, 3.63) is 29.8 Å². The molecule has 1 fully saturated rings. The molecule has 1 saturated carbocycles. The number of carbonyl (C=O) groups excluding carboxylic acids is 1. The third-order valence-electron chi connectivity index (χ3n) is 4.29. The lowest BCUT2D eigenvalue weighted by Crippen LogP contribution is -2.27. The summed E-state index contributed by atoms with van der Waals surface area (Å²) in [6.45, 7) is 4.10. The normalized spacial score (nSPS) is 18.0. The van der Waals surface area contributed by atoms with Gasteiger partial charge in [0.25, 0.3) is 0 Å². The van der Waals surface area contributed by atoms with Crippen LogP contribution < -0.4 is 4.74 Å². The maximum Gasteiger partial charge on any atom is 0.314 e. The molecular weight excluding hydrogens is 236 g/mol. The van der Waals surface area contributed by atoms with Gasteiger partial charge in [-0.25, -0.2) is 0 Å². The molecule has 2 heteroatoms. The van der Waals surface area contributed by atoms with Gasteiger partial charge in [0.2, 0.25) is 0 Å². The Morgan fingerprint density at radius 3 is 2.63 bits per heavy atom. The number of hydrogen-bond donors (Lipinski definition) is 0. The molecule has 0 radical (unpaired) electrons. The molecule has 2 rings (SSSR count). The molecule has 0 N–H and O–H groups in total. The summed E-state index contributed by atoms with van der Waals surface area (Å²) in [7, 11) is 0. The van der Waals surface area contributed by atoms with Crippen molar-refractivity contribution >= 4 is 5.97 Å². The Hall–Kier alpha value is -1.31. The van der Waals surface area contributed by atoms with Crippen LogP contribution in [0.3, 0.4) is 0 Å². The van der Waals surface area contributed by atoms with E-state index in [-0.39, 0.29) is 11.9 Å². The molecule has 1 unspecified atom stereocenters. The van der Waals surface area contributed by atoms with Crippen LogP contribution in [0.2, 0.25) is 0 Å². The molecule has 0 aliphatic heterocycles. The highest BCUT2D eigenvalue weighted by atomic mass is 16.5. The van der Waals surface area contributed by atoms with E-state index in [0.29, 0.717) is 5.92 Å². The maximum absolute atomic E-state index is 12.3. The van der Waals surface area contributed by atoms with Crippen molar-refractivity contribution in [3.8, 4) is 5.75 Å². The maximum atomic E-state index is 12.3. The zero-order valence-corrected chi connectivity index (χ0v) is 12.0. The quantitative estimate of drug-likeness (QED) is 0.593. The molecule has 1 aromatic carbocycles. The van der Waals surface area contributed by atoms with E-state index in [4.69, 9.17) is 4.74 Å². The summed E-state index contributed by atoms with van der Waals surface area (Å²) in [5, 5.41) is 0. The number of aryl methyl sites for hydroxylation is 1. The van der Waals surface area contributed by atoms with Crippen molar-refractivity contribution in [2.45, 2.75) is 52.4 Å². The number of benzene rings is 1. The minimum Gasteiger partial charge on any atom is -0.426 e. The Labute approximate surface area is 116 Å². The number of carbonyl (C=O) groups is 1. The third kappa shape index (κ3) is 3.59. The van der Waals surface area contributed by atoms with Gasteiger partial charge in [0.1, 0.15) is 5.75 Å². The van der Waals surface area contributed by atoms with Crippen LogP contribution in [-0.2, 0) is 11.2 Å².